The highest BCUT2D eigenvalue weighted by Gasteiger charge is 2.55. The predicted molar refractivity (Wildman–Crippen MR) is 129 cm³/mol. The van der Waals surface area contributed by atoms with Crippen LogP contribution in [0.25, 0.3) is 0 Å². The number of hydrogen-bond acceptors (Lipinski definition) is 6. The summed E-state index contributed by atoms with van der Waals surface area (Å²) in [7, 11) is 0. The van der Waals surface area contributed by atoms with Gasteiger partial charge in [-0.05, 0) is 61.1 Å². The zero-order valence-electron chi connectivity index (χ0n) is 18.2. The number of aromatic amines is 1. The molecule has 1 aliphatic heterocycles. The minimum Gasteiger partial charge on any atom is -0.489 e. The zero-order chi connectivity index (χ0) is 22.7. The van der Waals surface area contributed by atoms with Crippen molar-refractivity contribution in [2.45, 2.75) is 49.0 Å². The van der Waals surface area contributed by atoms with Gasteiger partial charge in [-0.25, -0.2) is 0 Å². The van der Waals surface area contributed by atoms with Gasteiger partial charge in [-0.2, -0.15) is 0 Å². The van der Waals surface area contributed by atoms with Gasteiger partial charge in [0, 0.05) is 33.7 Å². The van der Waals surface area contributed by atoms with E-state index in [9.17, 15) is 14.9 Å². The van der Waals surface area contributed by atoms with E-state index in [1.165, 1.54) is 36.7 Å². The van der Waals surface area contributed by atoms with Crippen LogP contribution in [0.2, 0.25) is 0 Å². The molecule has 1 aromatic heterocycles. The number of nitro benzene ring substituents is 1. The number of hydrogen-bond donors (Lipinski definition) is 1. The molecule has 0 saturated heterocycles. The van der Waals surface area contributed by atoms with Gasteiger partial charge in [0.2, 0.25) is 0 Å². The smallest absolute Gasteiger partial charge is 0.305 e. The normalized spacial score (nSPS) is 27.2. The Labute approximate surface area is 199 Å². The molecule has 6 rings (SSSR count). The van der Waals surface area contributed by atoms with Gasteiger partial charge in [0.1, 0.15) is 12.4 Å². The summed E-state index contributed by atoms with van der Waals surface area (Å²) in [4.78, 5) is 27.7. The topological polar surface area (TPSA) is 85.2 Å². The molecule has 2 heterocycles. The number of nitro groups is 1. The number of fused-ring (bicyclic) bond motifs is 6. The summed E-state index contributed by atoms with van der Waals surface area (Å²) in [5, 5.41) is 13.1. The van der Waals surface area contributed by atoms with E-state index >= 15 is 0 Å². The Bertz CT molecular complexity index is 1300. The van der Waals surface area contributed by atoms with Crippen LogP contribution in [0.1, 0.15) is 46.7 Å². The van der Waals surface area contributed by atoms with Crippen molar-refractivity contribution in [1.82, 2.24) is 4.98 Å². The van der Waals surface area contributed by atoms with E-state index in [0.717, 1.165) is 26.6 Å². The molecule has 4 unspecified atom stereocenters. The lowest BCUT2D eigenvalue weighted by Gasteiger charge is -2.40. The first-order valence-corrected chi connectivity index (χ1v) is 13.0. The highest BCUT2D eigenvalue weighted by molar-refractivity contribution is 8.00. The van der Waals surface area contributed by atoms with Gasteiger partial charge in [-0.1, -0.05) is 35.6 Å². The average molecular weight is 481 g/mol. The third-order valence-corrected chi connectivity index (χ3v) is 10.3. The van der Waals surface area contributed by atoms with Crippen molar-refractivity contribution in [2.24, 2.45) is 17.8 Å². The molecule has 5 atom stereocenters. The minimum absolute atomic E-state index is 0.0578. The summed E-state index contributed by atoms with van der Waals surface area (Å²) in [5.41, 5.74) is 3.15. The van der Waals surface area contributed by atoms with E-state index in [4.69, 9.17) is 4.74 Å². The van der Waals surface area contributed by atoms with Gasteiger partial charge in [0.05, 0.1) is 9.95 Å². The summed E-state index contributed by atoms with van der Waals surface area (Å²) >= 11 is 3.07. The third-order valence-electron chi connectivity index (χ3n) is 7.65. The van der Waals surface area contributed by atoms with Gasteiger partial charge < -0.3 is 9.72 Å². The average Bonchev–Trinajstić information content (AvgIpc) is 3.51. The molecular formula is C25H24N2O4S2. The molecule has 6 nitrogen and oxygen atoms in total. The van der Waals surface area contributed by atoms with Crippen LogP contribution >= 0.6 is 23.1 Å². The fourth-order valence-corrected chi connectivity index (χ4v) is 9.03. The minimum atomic E-state index is -0.342. The molecule has 3 aliphatic rings. The molecule has 0 amide bonds. The molecular weight excluding hydrogens is 456 g/mol. The van der Waals surface area contributed by atoms with Gasteiger partial charge in [-0.3, -0.25) is 14.9 Å². The van der Waals surface area contributed by atoms with Gasteiger partial charge in [0.15, 0.2) is 0 Å². The Kier molecular flexibility index (Phi) is 5.10. The molecule has 2 aliphatic carbocycles. The van der Waals surface area contributed by atoms with Crippen LogP contribution in [0.3, 0.4) is 0 Å². The Balaban J connectivity index is 1.46. The molecule has 0 radical (unpaired) electrons. The number of nitrogens with zero attached hydrogens (tertiary/aromatic N) is 1. The molecule has 2 bridgehead atoms. The van der Waals surface area contributed by atoms with Crippen molar-refractivity contribution in [3.8, 4) is 5.75 Å². The number of nitrogens with one attached hydrogen (secondary N) is 1. The molecule has 170 valence electrons. The summed E-state index contributed by atoms with van der Waals surface area (Å²) in [6.07, 6.45) is 3.65. The molecule has 1 N–H and O–H groups in total. The number of thiazole rings is 1. The van der Waals surface area contributed by atoms with E-state index in [1.54, 1.807) is 12.1 Å². The van der Waals surface area contributed by atoms with Crippen molar-refractivity contribution in [2.75, 3.05) is 0 Å². The number of thioether (sulfide) groups is 1. The lowest BCUT2D eigenvalue weighted by atomic mass is 9.74. The summed E-state index contributed by atoms with van der Waals surface area (Å²) < 4.78 is 6.33. The highest BCUT2D eigenvalue weighted by Crippen LogP contribution is 2.64. The van der Waals surface area contributed by atoms with E-state index < -0.39 is 0 Å². The largest absolute Gasteiger partial charge is 0.489 e. The highest BCUT2D eigenvalue weighted by atomic mass is 32.2. The fourth-order valence-electron chi connectivity index (χ4n) is 6.15. The number of ether oxygens (including phenoxy) is 1. The summed E-state index contributed by atoms with van der Waals surface area (Å²) in [6.45, 7) is 2.45. The standard InChI is InChI=1S/C25H24N2O4S2/c1-13-4-2-3-5-16(13)12-31-19-9-8-17(27(29)30)11-18(19)21-20-14-6-7-15(10-14)22(20)32-24-23(21)33-25(28)26-24/h2-5,8-9,11,14-15,20-22H,6-7,10,12H2,1H3,(H,26,28)/t14?,15?,20?,21-,22?/m1/s1. The van der Waals surface area contributed by atoms with Crippen LogP contribution in [-0.4, -0.2) is 15.2 Å². The Morgan fingerprint density at radius 1 is 1.18 bits per heavy atom. The van der Waals surface area contributed by atoms with E-state index in [0.29, 0.717) is 35.4 Å². The first-order valence-electron chi connectivity index (χ1n) is 11.3. The molecule has 33 heavy (non-hydrogen) atoms. The molecule has 8 heteroatoms. The first kappa shape index (κ1) is 21.0. The number of non-ortho nitro benzene ring substituents is 1. The first-order chi connectivity index (χ1) is 16.0. The van der Waals surface area contributed by atoms with Crippen molar-refractivity contribution in [3.05, 3.63) is 83.8 Å². The summed E-state index contributed by atoms with van der Waals surface area (Å²) in [6, 6.07) is 13.0. The second-order valence-corrected chi connectivity index (χ2v) is 11.6. The van der Waals surface area contributed by atoms with E-state index in [2.05, 4.69) is 18.0 Å². The van der Waals surface area contributed by atoms with Crippen LogP contribution in [0.5, 0.6) is 5.75 Å². The van der Waals surface area contributed by atoms with Gasteiger partial charge in [-0.15, -0.1) is 11.8 Å². The maximum Gasteiger partial charge on any atom is 0.305 e. The second kappa shape index (κ2) is 8.02. The second-order valence-electron chi connectivity index (χ2n) is 9.37. The summed E-state index contributed by atoms with van der Waals surface area (Å²) in [5.74, 6) is 2.23. The van der Waals surface area contributed by atoms with Crippen LogP contribution < -0.4 is 9.61 Å². The third kappa shape index (κ3) is 3.51. The van der Waals surface area contributed by atoms with Gasteiger partial charge >= 0.3 is 4.87 Å². The fraction of sp³-hybridized carbons (Fsp3) is 0.400. The lowest BCUT2D eigenvalue weighted by molar-refractivity contribution is -0.385. The van der Waals surface area contributed by atoms with E-state index in [-0.39, 0.29) is 21.4 Å². The Morgan fingerprint density at radius 2 is 2.00 bits per heavy atom. The van der Waals surface area contributed by atoms with Crippen molar-refractivity contribution in [3.63, 3.8) is 0 Å². The number of aryl methyl sites for hydroxylation is 1. The molecule has 2 saturated carbocycles. The maximum absolute atomic E-state index is 12.4. The van der Waals surface area contributed by atoms with Crippen molar-refractivity contribution >= 4 is 28.8 Å². The van der Waals surface area contributed by atoms with Crippen molar-refractivity contribution < 1.29 is 9.66 Å². The number of rotatable bonds is 5. The predicted octanol–water partition coefficient (Wildman–Crippen LogP) is 5.88. The SMILES string of the molecule is Cc1ccccc1COc1ccc([N+](=O)[O-])cc1[C@H]1c2sc(=O)[nH]c2SC2C3CCC(C3)C21. The number of benzene rings is 2. The van der Waals surface area contributed by atoms with Crippen LogP contribution in [-0.2, 0) is 6.61 Å². The number of H-pyrrole nitrogens is 1. The van der Waals surface area contributed by atoms with Crippen LogP contribution in [0.15, 0.2) is 52.3 Å². The monoisotopic (exact) mass is 480 g/mol. The maximum atomic E-state index is 12.4. The Hall–Kier alpha value is -2.58. The van der Waals surface area contributed by atoms with E-state index in [1.807, 2.05) is 30.0 Å². The number of aromatic nitrogens is 1. The molecule has 3 aromatic rings. The zero-order valence-corrected chi connectivity index (χ0v) is 19.8. The van der Waals surface area contributed by atoms with Crippen molar-refractivity contribution in [1.29, 1.82) is 0 Å². The lowest BCUT2D eigenvalue weighted by Crippen LogP contribution is -2.33. The molecule has 2 aromatic carbocycles. The molecule has 2 fully saturated rings. The van der Waals surface area contributed by atoms with Crippen LogP contribution in [0.4, 0.5) is 5.69 Å². The quantitative estimate of drug-likeness (QED) is 0.364. The van der Waals surface area contributed by atoms with Crippen LogP contribution in [0, 0.1) is 34.8 Å². The molecule has 0 spiro atoms. The van der Waals surface area contributed by atoms with Gasteiger partial charge in [0.25, 0.3) is 5.69 Å². The Morgan fingerprint density at radius 3 is 2.82 bits per heavy atom.